The summed E-state index contributed by atoms with van der Waals surface area (Å²) in [6.07, 6.45) is 3.65. The van der Waals surface area contributed by atoms with Crippen LogP contribution in [0.15, 0.2) is 291 Å². The number of rotatable bonds is 8. The highest BCUT2D eigenvalue weighted by atomic mass is 14.8. The first-order valence-electron chi connectivity index (χ1n) is 31.3. The van der Waals surface area contributed by atoms with Gasteiger partial charge >= 0.3 is 0 Å². The molecule has 0 amide bonds. The van der Waals surface area contributed by atoms with Gasteiger partial charge in [-0.25, -0.2) is 39.9 Å². The Labute approximate surface area is 537 Å². The molecule has 9 aromatic carbocycles. The Hall–Kier alpha value is -12.9. The van der Waals surface area contributed by atoms with Crippen molar-refractivity contribution in [3.8, 4) is 90.1 Å². The smallest absolute Gasteiger partial charge is 0.0972 e. The van der Waals surface area contributed by atoms with Crippen molar-refractivity contribution in [2.75, 3.05) is 0 Å². The van der Waals surface area contributed by atoms with Gasteiger partial charge in [0, 0.05) is 111 Å². The van der Waals surface area contributed by atoms with Crippen LogP contribution < -0.4 is 0 Å². The third kappa shape index (κ3) is 9.11. The molecule has 19 rings (SSSR count). The van der Waals surface area contributed by atoms with Crippen LogP contribution in [0.4, 0.5) is 0 Å². The van der Waals surface area contributed by atoms with Gasteiger partial charge in [-0.15, -0.1) is 0 Å². The highest BCUT2D eigenvalue weighted by Crippen LogP contribution is 2.37. The van der Waals surface area contributed by atoms with Crippen LogP contribution in [0.25, 0.3) is 199 Å². The van der Waals surface area contributed by atoms with E-state index in [9.17, 15) is 0 Å². The van der Waals surface area contributed by atoms with E-state index in [1.54, 1.807) is 0 Å². The molecule has 0 saturated carbocycles. The lowest BCUT2D eigenvalue weighted by Crippen LogP contribution is -1.93. The molecule has 0 aliphatic carbocycles. The number of benzene rings is 9. The molecule has 0 radical (unpaired) electrons. The van der Waals surface area contributed by atoms with Gasteiger partial charge in [0.1, 0.15) is 0 Å². The van der Waals surface area contributed by atoms with E-state index in [0.29, 0.717) is 0 Å². The van der Waals surface area contributed by atoms with Crippen molar-refractivity contribution in [2.45, 2.75) is 0 Å². The van der Waals surface area contributed by atoms with Crippen LogP contribution in [0.1, 0.15) is 0 Å². The minimum absolute atomic E-state index is 0.832. The Morgan fingerprint density at radius 2 is 0.298 bits per heavy atom. The van der Waals surface area contributed by atoms with Crippen molar-refractivity contribution >= 4 is 109 Å². The van der Waals surface area contributed by atoms with Crippen LogP contribution in [-0.2, 0) is 0 Å². The first kappa shape index (κ1) is 53.0. The highest BCUT2D eigenvalue weighted by molar-refractivity contribution is 6.08. The molecule has 0 saturated heterocycles. The predicted molar refractivity (Wildman–Crippen MR) is 383 cm³/mol. The average Bonchev–Trinajstić information content (AvgIpc) is 3.02. The monoisotopic (exact) mass is 1200 g/mol. The minimum Gasteiger partial charge on any atom is -0.254 e. The number of aromatic nitrogens is 10. The summed E-state index contributed by atoms with van der Waals surface area (Å²) in [5.41, 5.74) is 23.4. The van der Waals surface area contributed by atoms with Crippen molar-refractivity contribution in [2.24, 2.45) is 0 Å². The molecular weight excluding hydrogens is 1150 g/mol. The minimum atomic E-state index is 0.832. The van der Waals surface area contributed by atoms with Crippen molar-refractivity contribution in [3.05, 3.63) is 291 Å². The van der Waals surface area contributed by atoms with Gasteiger partial charge in [0.15, 0.2) is 0 Å². The van der Waals surface area contributed by atoms with Gasteiger partial charge in [0.25, 0.3) is 0 Å². The van der Waals surface area contributed by atoms with Gasteiger partial charge in [-0.3, -0.25) is 9.97 Å². The Morgan fingerprint density at radius 1 is 0.138 bits per heavy atom. The van der Waals surface area contributed by atoms with E-state index < -0.39 is 0 Å². The molecule has 0 atom stereocenters. The van der Waals surface area contributed by atoms with Crippen LogP contribution in [0, 0.1) is 0 Å². The SMILES string of the molecule is c1cc(-c2ccc3ccc4cccnc4c3n2)cc(-c2ccc3ccc4ccc(-c5cccc(-c6ccc7ccc8ccc(-c9cccc(-c%10ccc%11ccc%12ccc(-c%13cccc(-c%14ccc%15ccc%16cccnc%16c%15n%14)c%13)nc%12c%11n%10)c9)nc8c7n6)c5)nc4c3n2)c1. The summed E-state index contributed by atoms with van der Waals surface area (Å²) in [6.45, 7) is 0. The standard InChI is InChI=1S/C84H48N10/c1-7-59(67-35-27-51-19-17-49-15-5-43-85-75(49)77(51)87-67)45-61(9-1)69-37-29-53-21-23-55-31-39-71(91-81(55)79(53)89-69)63-11-3-13-65(47-63)73-41-33-57-25-26-58-34-42-74(94-84(58)83(57)93-73)66-14-4-12-64(48-66)72-40-32-56-24-22-54-30-38-70(90-80(54)82(56)92-72)62-10-2-8-60(46-62)68-36-28-52-20-18-50-16-6-44-86-76(50)78(52)88-68/h1-48H. The quantitative estimate of drug-likeness (QED) is 0.136. The fourth-order valence-corrected chi connectivity index (χ4v) is 13.4. The number of nitrogens with zero attached hydrogens (tertiary/aromatic N) is 10. The molecule has 94 heavy (non-hydrogen) atoms. The molecule has 10 aromatic heterocycles. The lowest BCUT2D eigenvalue weighted by molar-refractivity contribution is 1.35. The zero-order chi connectivity index (χ0) is 61.8. The Morgan fingerprint density at radius 3 is 0.489 bits per heavy atom. The highest BCUT2D eigenvalue weighted by Gasteiger charge is 2.17. The van der Waals surface area contributed by atoms with Crippen LogP contribution >= 0.6 is 0 Å². The Kier molecular flexibility index (Phi) is 12.0. The third-order valence-corrected chi connectivity index (χ3v) is 18.2. The van der Waals surface area contributed by atoms with E-state index in [0.717, 1.165) is 199 Å². The fraction of sp³-hybridized carbons (Fsp3) is 0. The molecule has 0 N–H and O–H groups in total. The average molecular weight is 1200 g/mol. The van der Waals surface area contributed by atoms with Crippen LogP contribution in [0.5, 0.6) is 0 Å². The molecule has 434 valence electrons. The summed E-state index contributed by atoms with van der Waals surface area (Å²) in [4.78, 5) is 51.8. The van der Waals surface area contributed by atoms with Crippen molar-refractivity contribution in [1.82, 2.24) is 49.8 Å². The molecule has 0 bridgehead atoms. The van der Waals surface area contributed by atoms with Gasteiger partial charge in [0.05, 0.1) is 101 Å². The molecule has 0 fully saturated rings. The Balaban J connectivity index is 0.622. The van der Waals surface area contributed by atoms with E-state index in [1.807, 2.05) is 24.5 Å². The second kappa shape index (κ2) is 21.4. The summed E-state index contributed by atoms with van der Waals surface area (Å²) >= 11 is 0. The molecule has 0 aliphatic heterocycles. The summed E-state index contributed by atoms with van der Waals surface area (Å²) in [6, 6.07) is 96.9. The van der Waals surface area contributed by atoms with E-state index >= 15 is 0 Å². The number of hydrogen-bond donors (Lipinski definition) is 0. The summed E-state index contributed by atoms with van der Waals surface area (Å²) in [7, 11) is 0. The maximum absolute atomic E-state index is 5.38. The van der Waals surface area contributed by atoms with E-state index in [2.05, 4.69) is 277 Å². The van der Waals surface area contributed by atoms with Crippen molar-refractivity contribution in [3.63, 3.8) is 0 Å². The second-order valence-corrected chi connectivity index (χ2v) is 23.9. The Bertz CT molecular complexity index is 6020. The summed E-state index contributed by atoms with van der Waals surface area (Å²) in [5.74, 6) is 0. The van der Waals surface area contributed by atoms with Crippen LogP contribution in [-0.4, -0.2) is 49.8 Å². The van der Waals surface area contributed by atoms with Gasteiger partial charge in [-0.2, -0.15) is 0 Å². The second-order valence-electron chi connectivity index (χ2n) is 23.9. The van der Waals surface area contributed by atoms with Crippen LogP contribution in [0.3, 0.4) is 0 Å². The lowest BCUT2D eigenvalue weighted by atomic mass is 10.0. The molecule has 10 nitrogen and oxygen atoms in total. The molecule has 19 aromatic rings. The molecule has 0 aliphatic rings. The first-order chi connectivity index (χ1) is 46.5. The summed E-state index contributed by atoms with van der Waals surface area (Å²) in [5, 5.41) is 10.3. The van der Waals surface area contributed by atoms with Gasteiger partial charge in [-0.05, 0) is 84.9 Å². The molecule has 0 spiro atoms. The molecule has 0 unspecified atom stereocenters. The number of hydrogen-bond acceptors (Lipinski definition) is 10. The van der Waals surface area contributed by atoms with Crippen LogP contribution in [0.2, 0.25) is 0 Å². The topological polar surface area (TPSA) is 129 Å². The predicted octanol–water partition coefficient (Wildman–Crippen LogP) is 20.5. The van der Waals surface area contributed by atoms with Crippen molar-refractivity contribution in [1.29, 1.82) is 0 Å². The molecule has 10 heteroatoms. The van der Waals surface area contributed by atoms with E-state index in [4.69, 9.17) is 39.9 Å². The van der Waals surface area contributed by atoms with Gasteiger partial charge < -0.3 is 0 Å². The number of fused-ring (bicyclic) bond motifs is 15. The number of pyridine rings is 10. The third-order valence-electron chi connectivity index (χ3n) is 18.2. The van der Waals surface area contributed by atoms with E-state index in [-0.39, 0.29) is 0 Å². The summed E-state index contributed by atoms with van der Waals surface area (Å²) < 4.78 is 0. The lowest BCUT2D eigenvalue weighted by Gasteiger charge is -2.11. The maximum atomic E-state index is 5.38. The largest absolute Gasteiger partial charge is 0.254 e. The molecular formula is C84H48N10. The van der Waals surface area contributed by atoms with Crippen molar-refractivity contribution < 1.29 is 0 Å². The van der Waals surface area contributed by atoms with E-state index in [1.165, 1.54) is 0 Å². The van der Waals surface area contributed by atoms with Gasteiger partial charge in [-0.1, -0.05) is 194 Å². The maximum Gasteiger partial charge on any atom is 0.0972 e. The zero-order valence-corrected chi connectivity index (χ0v) is 50.2. The molecule has 10 heterocycles. The normalized spacial score (nSPS) is 11.8. The zero-order valence-electron chi connectivity index (χ0n) is 50.2. The first-order valence-corrected chi connectivity index (χ1v) is 31.3. The fourth-order valence-electron chi connectivity index (χ4n) is 13.4. The van der Waals surface area contributed by atoms with Gasteiger partial charge in [0.2, 0.25) is 0 Å².